The first-order chi connectivity index (χ1) is 7.93. The summed E-state index contributed by atoms with van der Waals surface area (Å²) in [5, 5.41) is 13.6. The van der Waals surface area contributed by atoms with Crippen LogP contribution in [-0.4, -0.2) is 43.1 Å². The largest absolute Gasteiger partial charge is 0.302 e. The summed E-state index contributed by atoms with van der Waals surface area (Å²) in [4.78, 5) is 4.10. The van der Waals surface area contributed by atoms with Crippen LogP contribution < -0.4 is 5.43 Å². The standard InChI is InChI=1S/C9H13N7/c1-2-4-15(5-3-1)12-9-7-10-6-8-11-13-14-16(8)9/h6-7,12H,1-5H2. The molecule has 2 aromatic rings. The molecule has 0 aromatic carbocycles. The molecule has 2 aromatic heterocycles. The van der Waals surface area contributed by atoms with Crippen LogP contribution in [0.25, 0.3) is 5.65 Å². The minimum Gasteiger partial charge on any atom is -0.302 e. The molecule has 1 N–H and O–H groups in total. The summed E-state index contributed by atoms with van der Waals surface area (Å²) in [6.07, 6.45) is 7.14. The molecule has 0 unspecified atom stereocenters. The first kappa shape index (κ1) is 9.46. The summed E-state index contributed by atoms with van der Waals surface area (Å²) in [6, 6.07) is 0. The number of nitrogens with zero attached hydrogens (tertiary/aromatic N) is 6. The molecule has 0 amide bonds. The zero-order valence-corrected chi connectivity index (χ0v) is 8.87. The zero-order valence-electron chi connectivity index (χ0n) is 8.87. The first-order valence-electron chi connectivity index (χ1n) is 5.47. The van der Waals surface area contributed by atoms with Gasteiger partial charge in [0.2, 0.25) is 0 Å². The molecule has 0 bridgehead atoms. The fourth-order valence-electron chi connectivity index (χ4n) is 1.92. The van der Waals surface area contributed by atoms with Gasteiger partial charge in [0, 0.05) is 13.1 Å². The average molecular weight is 219 g/mol. The number of fused-ring (bicyclic) bond motifs is 1. The van der Waals surface area contributed by atoms with Crippen molar-refractivity contribution in [3.8, 4) is 0 Å². The third-order valence-electron chi connectivity index (χ3n) is 2.74. The van der Waals surface area contributed by atoms with E-state index in [0.29, 0.717) is 5.65 Å². The van der Waals surface area contributed by atoms with Crippen molar-refractivity contribution in [1.82, 2.24) is 30.0 Å². The Morgan fingerprint density at radius 1 is 1.12 bits per heavy atom. The number of hydrogen-bond acceptors (Lipinski definition) is 6. The van der Waals surface area contributed by atoms with Gasteiger partial charge in [-0.3, -0.25) is 4.98 Å². The van der Waals surface area contributed by atoms with E-state index in [1.54, 1.807) is 16.9 Å². The van der Waals surface area contributed by atoms with E-state index in [2.05, 4.69) is 30.9 Å². The molecule has 16 heavy (non-hydrogen) atoms. The fraction of sp³-hybridized carbons (Fsp3) is 0.556. The van der Waals surface area contributed by atoms with Gasteiger partial charge in [-0.15, -0.1) is 5.10 Å². The number of anilines is 1. The molecule has 1 aliphatic heterocycles. The van der Waals surface area contributed by atoms with Gasteiger partial charge in [0.25, 0.3) is 0 Å². The molecule has 1 aliphatic rings. The smallest absolute Gasteiger partial charge is 0.199 e. The number of nitrogens with one attached hydrogen (secondary N) is 1. The lowest BCUT2D eigenvalue weighted by Crippen LogP contribution is -2.35. The third-order valence-corrected chi connectivity index (χ3v) is 2.74. The maximum absolute atomic E-state index is 4.10. The normalized spacial score (nSPS) is 17.8. The lowest BCUT2D eigenvalue weighted by molar-refractivity contribution is 0.271. The van der Waals surface area contributed by atoms with Crippen molar-refractivity contribution in [2.75, 3.05) is 18.5 Å². The summed E-state index contributed by atoms with van der Waals surface area (Å²) in [7, 11) is 0. The molecule has 0 atom stereocenters. The van der Waals surface area contributed by atoms with Gasteiger partial charge in [-0.05, 0) is 23.3 Å². The molecule has 0 radical (unpaired) electrons. The van der Waals surface area contributed by atoms with Gasteiger partial charge in [0.15, 0.2) is 11.5 Å². The van der Waals surface area contributed by atoms with Crippen LogP contribution in [0.3, 0.4) is 0 Å². The second kappa shape index (κ2) is 4.01. The van der Waals surface area contributed by atoms with Gasteiger partial charge in [-0.25, -0.2) is 5.01 Å². The van der Waals surface area contributed by atoms with E-state index in [4.69, 9.17) is 0 Å². The van der Waals surface area contributed by atoms with Gasteiger partial charge in [-0.2, -0.15) is 4.52 Å². The van der Waals surface area contributed by atoms with Crippen LogP contribution in [0.15, 0.2) is 12.4 Å². The molecule has 7 nitrogen and oxygen atoms in total. The van der Waals surface area contributed by atoms with Gasteiger partial charge in [0.05, 0.1) is 12.4 Å². The summed E-state index contributed by atoms with van der Waals surface area (Å²) in [5.41, 5.74) is 3.96. The predicted molar refractivity (Wildman–Crippen MR) is 57.6 cm³/mol. The van der Waals surface area contributed by atoms with Crippen molar-refractivity contribution in [3.05, 3.63) is 12.4 Å². The number of hydrazine groups is 1. The molecule has 3 rings (SSSR count). The molecule has 1 fully saturated rings. The lowest BCUT2D eigenvalue weighted by atomic mass is 10.2. The van der Waals surface area contributed by atoms with Crippen LogP contribution in [0.4, 0.5) is 5.82 Å². The summed E-state index contributed by atoms with van der Waals surface area (Å²) < 4.78 is 1.65. The van der Waals surface area contributed by atoms with E-state index in [0.717, 1.165) is 18.9 Å². The molecular weight excluding hydrogens is 206 g/mol. The van der Waals surface area contributed by atoms with Crippen molar-refractivity contribution in [3.63, 3.8) is 0 Å². The minimum absolute atomic E-state index is 0.655. The number of aromatic nitrogens is 5. The monoisotopic (exact) mass is 219 g/mol. The summed E-state index contributed by atoms with van der Waals surface area (Å²) in [6.45, 7) is 2.11. The van der Waals surface area contributed by atoms with Crippen LogP contribution in [0.5, 0.6) is 0 Å². The third kappa shape index (κ3) is 1.69. The van der Waals surface area contributed by atoms with Gasteiger partial charge in [-0.1, -0.05) is 6.42 Å². The maximum Gasteiger partial charge on any atom is 0.199 e. The molecule has 84 valence electrons. The highest BCUT2D eigenvalue weighted by Crippen LogP contribution is 2.12. The van der Waals surface area contributed by atoms with E-state index in [1.807, 2.05) is 0 Å². The SMILES string of the molecule is c1ncc2nnnn2c1NN1CCCCC1. The predicted octanol–water partition coefficient (Wildman–Crippen LogP) is 0.332. The molecular formula is C9H13N7. The van der Waals surface area contributed by atoms with Crippen LogP contribution >= 0.6 is 0 Å². The Hall–Kier alpha value is -1.76. The molecule has 7 heteroatoms. The first-order valence-corrected chi connectivity index (χ1v) is 5.47. The second-order valence-electron chi connectivity index (χ2n) is 3.90. The minimum atomic E-state index is 0.655. The van der Waals surface area contributed by atoms with Crippen molar-refractivity contribution >= 4 is 11.5 Å². The maximum atomic E-state index is 4.10. The van der Waals surface area contributed by atoms with Crippen molar-refractivity contribution < 1.29 is 0 Å². The fourth-order valence-corrected chi connectivity index (χ4v) is 1.92. The molecule has 3 heterocycles. The molecule has 0 spiro atoms. The lowest BCUT2D eigenvalue weighted by Gasteiger charge is -2.27. The Balaban J connectivity index is 1.85. The number of rotatable bonds is 2. The highest BCUT2D eigenvalue weighted by atomic mass is 15.6. The summed E-state index contributed by atoms with van der Waals surface area (Å²) in [5.74, 6) is 0.810. The topological polar surface area (TPSA) is 71.2 Å². The average Bonchev–Trinajstić information content (AvgIpc) is 2.80. The van der Waals surface area contributed by atoms with Crippen molar-refractivity contribution in [2.45, 2.75) is 19.3 Å². The Morgan fingerprint density at radius 3 is 2.88 bits per heavy atom. The zero-order chi connectivity index (χ0) is 10.8. The van der Waals surface area contributed by atoms with E-state index in [9.17, 15) is 0 Å². The van der Waals surface area contributed by atoms with Crippen LogP contribution in [0.1, 0.15) is 19.3 Å². The Kier molecular flexibility index (Phi) is 2.37. The number of piperidine rings is 1. The van der Waals surface area contributed by atoms with Crippen LogP contribution in [-0.2, 0) is 0 Å². The van der Waals surface area contributed by atoms with E-state index in [1.165, 1.54) is 19.3 Å². The number of tetrazole rings is 1. The van der Waals surface area contributed by atoms with E-state index < -0.39 is 0 Å². The van der Waals surface area contributed by atoms with Gasteiger partial charge in [0.1, 0.15) is 0 Å². The molecule has 0 aliphatic carbocycles. The second-order valence-corrected chi connectivity index (χ2v) is 3.90. The summed E-state index contributed by atoms with van der Waals surface area (Å²) >= 11 is 0. The Bertz CT molecular complexity index is 473. The van der Waals surface area contributed by atoms with Crippen LogP contribution in [0.2, 0.25) is 0 Å². The number of hydrogen-bond donors (Lipinski definition) is 1. The highest BCUT2D eigenvalue weighted by molar-refractivity contribution is 5.42. The Morgan fingerprint density at radius 2 is 2.00 bits per heavy atom. The molecule has 0 saturated carbocycles. The van der Waals surface area contributed by atoms with Gasteiger partial charge >= 0.3 is 0 Å². The highest BCUT2D eigenvalue weighted by Gasteiger charge is 2.11. The quantitative estimate of drug-likeness (QED) is 0.785. The Labute approximate surface area is 92.4 Å². The van der Waals surface area contributed by atoms with E-state index >= 15 is 0 Å². The van der Waals surface area contributed by atoms with Gasteiger partial charge < -0.3 is 5.43 Å². The van der Waals surface area contributed by atoms with E-state index in [-0.39, 0.29) is 0 Å². The molecule has 1 saturated heterocycles. The van der Waals surface area contributed by atoms with Crippen LogP contribution in [0, 0.1) is 0 Å². The van der Waals surface area contributed by atoms with Crippen molar-refractivity contribution in [2.24, 2.45) is 0 Å². The van der Waals surface area contributed by atoms with Crippen molar-refractivity contribution in [1.29, 1.82) is 0 Å².